The highest BCUT2D eigenvalue weighted by Gasteiger charge is 2.15. The summed E-state index contributed by atoms with van der Waals surface area (Å²) in [7, 11) is 2.14. The topological polar surface area (TPSA) is 29.3 Å². The summed E-state index contributed by atoms with van der Waals surface area (Å²) in [5, 5.41) is 0. The van der Waals surface area contributed by atoms with Gasteiger partial charge < -0.3 is 10.6 Å². The van der Waals surface area contributed by atoms with Crippen molar-refractivity contribution < 1.29 is 0 Å². The van der Waals surface area contributed by atoms with Crippen molar-refractivity contribution in [2.45, 2.75) is 33.1 Å². The average Bonchev–Trinajstić information content (AvgIpc) is 2.03. The van der Waals surface area contributed by atoms with Crippen LogP contribution in [0.2, 0.25) is 0 Å². The molecule has 0 fully saturated rings. The molecule has 2 heteroatoms. The highest BCUT2D eigenvalue weighted by Crippen LogP contribution is 2.25. The fraction of sp³-hybridized carbons (Fsp3) is 0.833. The number of hydrogen-bond donors (Lipinski definition) is 1. The van der Waals surface area contributed by atoms with E-state index in [1.54, 1.807) is 0 Å². The Hall–Kier alpha value is -0.340. The van der Waals surface area contributed by atoms with E-state index in [-0.39, 0.29) is 0 Å². The Bertz CT molecular complexity index is 152. The highest BCUT2D eigenvalue weighted by molar-refractivity contribution is 4.73. The molecule has 0 aliphatic carbocycles. The predicted octanol–water partition coefficient (Wildman–Crippen LogP) is 2.26. The van der Waals surface area contributed by atoms with Gasteiger partial charge in [-0.1, -0.05) is 19.9 Å². The Balaban J connectivity index is 3.56. The lowest BCUT2D eigenvalue weighted by Crippen LogP contribution is -2.22. The van der Waals surface area contributed by atoms with E-state index < -0.39 is 0 Å². The number of hydrogen-bond acceptors (Lipinski definition) is 2. The van der Waals surface area contributed by atoms with Gasteiger partial charge in [0.25, 0.3) is 0 Å². The van der Waals surface area contributed by atoms with Crippen LogP contribution in [-0.4, -0.2) is 31.6 Å². The molecule has 0 spiro atoms. The molecule has 0 aromatic heterocycles. The Labute approximate surface area is 89.2 Å². The third kappa shape index (κ3) is 7.10. The minimum absolute atomic E-state index is 0.407. The molecule has 0 heterocycles. The molecule has 2 nitrogen and oxygen atoms in total. The lowest BCUT2D eigenvalue weighted by Gasteiger charge is -2.25. The molecule has 0 aromatic rings. The van der Waals surface area contributed by atoms with E-state index in [9.17, 15) is 0 Å². The van der Waals surface area contributed by atoms with E-state index in [0.717, 1.165) is 26.1 Å². The molecule has 0 aromatic carbocycles. The molecule has 0 aliphatic heterocycles. The van der Waals surface area contributed by atoms with E-state index in [0.29, 0.717) is 5.41 Å². The van der Waals surface area contributed by atoms with Crippen molar-refractivity contribution in [2.24, 2.45) is 11.1 Å². The summed E-state index contributed by atoms with van der Waals surface area (Å²) >= 11 is 0. The maximum atomic E-state index is 5.57. The summed E-state index contributed by atoms with van der Waals surface area (Å²) < 4.78 is 0. The minimum Gasteiger partial charge on any atom is -0.330 e. The summed E-state index contributed by atoms with van der Waals surface area (Å²) in [4.78, 5) is 2.30. The zero-order chi connectivity index (χ0) is 11.0. The molecule has 0 atom stereocenters. The monoisotopic (exact) mass is 198 g/mol. The van der Waals surface area contributed by atoms with Gasteiger partial charge >= 0.3 is 0 Å². The van der Waals surface area contributed by atoms with Crippen molar-refractivity contribution in [2.75, 3.05) is 26.7 Å². The largest absolute Gasteiger partial charge is 0.330 e. The van der Waals surface area contributed by atoms with Crippen molar-refractivity contribution in [1.29, 1.82) is 0 Å². The van der Waals surface area contributed by atoms with Gasteiger partial charge in [-0.2, -0.15) is 0 Å². The van der Waals surface area contributed by atoms with Crippen LogP contribution in [0, 0.1) is 5.41 Å². The molecule has 0 unspecified atom stereocenters. The van der Waals surface area contributed by atoms with Crippen LogP contribution in [0.4, 0.5) is 0 Å². The fourth-order valence-electron chi connectivity index (χ4n) is 1.65. The summed E-state index contributed by atoms with van der Waals surface area (Å²) in [5.74, 6) is 0. The van der Waals surface area contributed by atoms with E-state index in [4.69, 9.17) is 5.73 Å². The normalized spacial score (nSPS) is 12.1. The van der Waals surface area contributed by atoms with Gasteiger partial charge in [0.15, 0.2) is 0 Å². The molecule has 0 bridgehead atoms. The minimum atomic E-state index is 0.407. The molecule has 2 N–H and O–H groups in total. The smallest absolute Gasteiger partial charge is 0.0157 e. The van der Waals surface area contributed by atoms with E-state index in [1.807, 2.05) is 6.08 Å². The molecule has 0 saturated heterocycles. The van der Waals surface area contributed by atoms with Gasteiger partial charge in [-0.05, 0) is 44.8 Å². The fourth-order valence-corrected chi connectivity index (χ4v) is 1.65. The first kappa shape index (κ1) is 13.7. The zero-order valence-electron chi connectivity index (χ0n) is 10.1. The Morgan fingerprint density at radius 3 is 2.50 bits per heavy atom. The first-order chi connectivity index (χ1) is 6.52. The summed E-state index contributed by atoms with van der Waals surface area (Å²) in [5.41, 5.74) is 5.98. The molecule has 0 rings (SSSR count). The third-order valence-electron chi connectivity index (χ3n) is 2.66. The van der Waals surface area contributed by atoms with Crippen LogP contribution in [0.1, 0.15) is 33.1 Å². The first-order valence-corrected chi connectivity index (χ1v) is 5.51. The van der Waals surface area contributed by atoms with E-state index in [2.05, 4.69) is 32.4 Å². The van der Waals surface area contributed by atoms with Crippen molar-refractivity contribution in [3.63, 3.8) is 0 Å². The summed E-state index contributed by atoms with van der Waals surface area (Å²) in [6, 6.07) is 0. The zero-order valence-corrected chi connectivity index (χ0v) is 10.1. The van der Waals surface area contributed by atoms with Gasteiger partial charge in [-0.25, -0.2) is 0 Å². The molecule has 0 amide bonds. The average molecular weight is 198 g/mol. The maximum Gasteiger partial charge on any atom is 0.0157 e. The van der Waals surface area contributed by atoms with E-state index >= 15 is 0 Å². The number of likely N-dealkylation sites (N-methyl/N-ethyl adjacent to an activating group) is 1. The van der Waals surface area contributed by atoms with Gasteiger partial charge in [0, 0.05) is 6.54 Å². The molecule has 0 saturated carbocycles. The van der Waals surface area contributed by atoms with Gasteiger partial charge in [-0.3, -0.25) is 0 Å². The number of rotatable bonds is 8. The summed E-state index contributed by atoms with van der Waals surface area (Å²) in [6.45, 7) is 11.3. The van der Waals surface area contributed by atoms with Crippen LogP contribution in [-0.2, 0) is 0 Å². The second-order valence-corrected chi connectivity index (χ2v) is 4.86. The van der Waals surface area contributed by atoms with Gasteiger partial charge in [-0.15, -0.1) is 6.58 Å². The maximum absolute atomic E-state index is 5.57. The van der Waals surface area contributed by atoms with Crippen LogP contribution >= 0.6 is 0 Å². The lowest BCUT2D eigenvalue weighted by molar-refractivity contribution is 0.272. The van der Waals surface area contributed by atoms with Crippen LogP contribution in [0.15, 0.2) is 12.7 Å². The Kier molecular flexibility index (Phi) is 6.85. The quantitative estimate of drug-likeness (QED) is 0.606. The first-order valence-electron chi connectivity index (χ1n) is 5.51. The van der Waals surface area contributed by atoms with E-state index in [1.165, 1.54) is 12.8 Å². The van der Waals surface area contributed by atoms with Gasteiger partial charge in [0.2, 0.25) is 0 Å². The van der Waals surface area contributed by atoms with Crippen molar-refractivity contribution >= 4 is 0 Å². The second-order valence-electron chi connectivity index (χ2n) is 4.86. The van der Waals surface area contributed by atoms with Crippen LogP contribution in [0.25, 0.3) is 0 Å². The van der Waals surface area contributed by atoms with Crippen LogP contribution in [0.3, 0.4) is 0 Å². The second kappa shape index (κ2) is 7.02. The lowest BCUT2D eigenvalue weighted by atomic mass is 9.84. The molecular weight excluding hydrogens is 172 g/mol. The van der Waals surface area contributed by atoms with Crippen LogP contribution < -0.4 is 5.73 Å². The predicted molar refractivity (Wildman–Crippen MR) is 64.4 cm³/mol. The standard InChI is InChI=1S/C12H26N2/c1-5-10-14(4)11-6-7-12(2,3)8-9-13/h5H,1,6-11,13H2,2-4H3. The molecule has 0 radical (unpaired) electrons. The SMILES string of the molecule is C=CCN(C)CCCC(C)(C)CCN. The Morgan fingerprint density at radius 1 is 1.36 bits per heavy atom. The highest BCUT2D eigenvalue weighted by atomic mass is 15.1. The Morgan fingerprint density at radius 2 is 2.00 bits per heavy atom. The van der Waals surface area contributed by atoms with Gasteiger partial charge in [0.05, 0.1) is 0 Å². The number of nitrogens with two attached hydrogens (primary N) is 1. The molecular formula is C12H26N2. The molecule has 84 valence electrons. The van der Waals surface area contributed by atoms with Gasteiger partial charge in [0.1, 0.15) is 0 Å². The van der Waals surface area contributed by atoms with Crippen molar-refractivity contribution in [1.82, 2.24) is 4.90 Å². The molecule has 14 heavy (non-hydrogen) atoms. The number of nitrogens with zero attached hydrogens (tertiary/aromatic N) is 1. The summed E-state index contributed by atoms with van der Waals surface area (Å²) in [6.07, 6.45) is 5.58. The van der Waals surface area contributed by atoms with Crippen molar-refractivity contribution in [3.05, 3.63) is 12.7 Å². The molecule has 0 aliphatic rings. The van der Waals surface area contributed by atoms with Crippen molar-refractivity contribution in [3.8, 4) is 0 Å². The third-order valence-corrected chi connectivity index (χ3v) is 2.66. The van der Waals surface area contributed by atoms with Crippen LogP contribution in [0.5, 0.6) is 0 Å².